The number of hydrogen-bond donors (Lipinski definition) is 1. The number of halogens is 5. The van der Waals surface area contributed by atoms with Gasteiger partial charge in [-0.15, -0.1) is 0 Å². The number of carbonyl (C=O) groups excluding carboxylic acids is 1. The molecule has 0 atom stereocenters. The van der Waals surface area contributed by atoms with Crippen molar-refractivity contribution in [1.82, 2.24) is 9.62 Å². The van der Waals surface area contributed by atoms with Gasteiger partial charge in [-0.3, -0.25) is 9.69 Å². The van der Waals surface area contributed by atoms with E-state index >= 15 is 0 Å². The molecule has 1 saturated carbocycles. The summed E-state index contributed by atoms with van der Waals surface area (Å²) in [4.78, 5) is 14.4. The summed E-state index contributed by atoms with van der Waals surface area (Å²) in [6.45, 7) is 2.59. The van der Waals surface area contributed by atoms with Crippen LogP contribution in [0.25, 0.3) is 0 Å². The van der Waals surface area contributed by atoms with Gasteiger partial charge >= 0.3 is 3.93 Å². The number of rotatable bonds is 9. The van der Waals surface area contributed by atoms with E-state index in [9.17, 15) is 26.4 Å². The first-order valence-corrected chi connectivity index (χ1v) is 15.2. The fourth-order valence-corrected chi connectivity index (χ4v) is 5.87. The molecule has 0 unspecified atom stereocenters. The molecular formula is C25H27ClF3IN2O4S. The van der Waals surface area contributed by atoms with E-state index in [2.05, 4.69) is 4.90 Å². The van der Waals surface area contributed by atoms with Gasteiger partial charge in [0, 0.05) is 40.8 Å². The van der Waals surface area contributed by atoms with Gasteiger partial charge in [-0.05, 0) is 73.9 Å². The van der Waals surface area contributed by atoms with E-state index in [1.165, 1.54) is 18.2 Å². The number of benzene rings is 2. The molecule has 0 spiro atoms. The first-order valence-electron chi connectivity index (χ1n) is 11.9. The second kappa shape index (κ2) is 11.3. The Kier molecular flexibility index (Phi) is 8.66. The normalized spacial score (nSPS) is 17.6. The molecule has 1 aliphatic carbocycles. The third kappa shape index (κ3) is 7.73. The van der Waals surface area contributed by atoms with E-state index in [1.54, 1.807) is 16.9 Å². The summed E-state index contributed by atoms with van der Waals surface area (Å²) in [5.74, 6) is -1.03. The van der Waals surface area contributed by atoms with Crippen LogP contribution in [-0.2, 0) is 20.5 Å². The average molecular weight is 671 g/mol. The van der Waals surface area contributed by atoms with E-state index in [-0.39, 0.29) is 28.0 Å². The number of ether oxygens (including phenoxy) is 1. The van der Waals surface area contributed by atoms with Crippen LogP contribution in [0.3, 0.4) is 0 Å². The molecule has 37 heavy (non-hydrogen) atoms. The SMILES string of the molecule is CS(=O)(=O)NC(=O)c1cc(C2CC2)c(OCC2CCN(Cc3ccc(C(F)(F)I)c(Cl)c3)CC2)cc1F. The summed E-state index contributed by atoms with van der Waals surface area (Å²) >= 11 is 7.13. The molecule has 2 aliphatic rings. The molecule has 2 aromatic rings. The van der Waals surface area contributed by atoms with Crippen LogP contribution in [0, 0.1) is 11.7 Å². The van der Waals surface area contributed by atoms with Crippen LogP contribution >= 0.6 is 34.2 Å². The molecule has 12 heteroatoms. The zero-order valence-corrected chi connectivity index (χ0v) is 23.8. The lowest BCUT2D eigenvalue weighted by atomic mass is 9.97. The summed E-state index contributed by atoms with van der Waals surface area (Å²) in [5.41, 5.74) is 1.08. The molecule has 1 N–H and O–H groups in total. The molecule has 0 radical (unpaired) electrons. The Labute approximate surface area is 233 Å². The number of likely N-dealkylation sites (tertiary alicyclic amines) is 1. The van der Waals surface area contributed by atoms with Gasteiger partial charge in [-0.2, -0.15) is 8.78 Å². The Morgan fingerprint density at radius 3 is 2.43 bits per heavy atom. The predicted octanol–water partition coefficient (Wildman–Crippen LogP) is 5.82. The maximum Gasteiger partial charge on any atom is 0.323 e. The lowest BCUT2D eigenvalue weighted by Crippen LogP contribution is -2.35. The van der Waals surface area contributed by atoms with Gasteiger partial charge in [-0.1, -0.05) is 23.7 Å². The van der Waals surface area contributed by atoms with Gasteiger partial charge in [0.1, 0.15) is 11.6 Å². The zero-order valence-electron chi connectivity index (χ0n) is 20.1. The topological polar surface area (TPSA) is 75.7 Å². The molecule has 0 aromatic heterocycles. The van der Waals surface area contributed by atoms with Crippen molar-refractivity contribution in [1.29, 1.82) is 0 Å². The smallest absolute Gasteiger partial charge is 0.323 e. The maximum absolute atomic E-state index is 14.7. The molecule has 0 bridgehead atoms. The van der Waals surface area contributed by atoms with E-state index in [0.717, 1.165) is 78.7 Å². The number of carbonyl (C=O) groups is 1. The lowest BCUT2D eigenvalue weighted by molar-refractivity contribution is 0.0977. The standard InChI is InChI=1S/C25H27ClF3IN2O4S/c1-37(34,35)31-24(33)19-11-18(17-3-4-17)23(12-22(19)27)36-14-15-6-8-32(9-7-15)13-16-2-5-20(21(26)10-16)25(28,29)30/h2,5,10-12,15,17H,3-4,6-9,13-14H2,1H3,(H,31,33). The fourth-order valence-electron chi connectivity index (χ4n) is 4.47. The quantitative estimate of drug-likeness (QED) is 0.269. The third-order valence-electron chi connectivity index (χ3n) is 6.57. The van der Waals surface area contributed by atoms with Crippen molar-refractivity contribution in [3.8, 4) is 5.75 Å². The largest absolute Gasteiger partial charge is 0.493 e. The van der Waals surface area contributed by atoms with Crippen molar-refractivity contribution < 1.29 is 31.1 Å². The number of nitrogens with one attached hydrogen (secondary N) is 1. The lowest BCUT2D eigenvalue weighted by Gasteiger charge is -2.32. The molecule has 2 fully saturated rings. The Morgan fingerprint density at radius 1 is 1.19 bits per heavy atom. The van der Waals surface area contributed by atoms with E-state index < -0.39 is 25.7 Å². The summed E-state index contributed by atoms with van der Waals surface area (Å²) in [5, 5.41) is 0.0544. The second-order valence-corrected chi connectivity index (χ2v) is 13.2. The van der Waals surface area contributed by atoms with Crippen molar-refractivity contribution in [3.63, 3.8) is 0 Å². The van der Waals surface area contributed by atoms with Gasteiger partial charge in [0.2, 0.25) is 10.0 Å². The Balaban J connectivity index is 1.33. The highest BCUT2D eigenvalue weighted by Crippen LogP contribution is 2.45. The molecule has 202 valence electrons. The summed E-state index contributed by atoms with van der Waals surface area (Å²) in [6.07, 6.45) is 4.34. The van der Waals surface area contributed by atoms with Gasteiger partial charge in [0.25, 0.3) is 5.91 Å². The highest BCUT2D eigenvalue weighted by atomic mass is 127. The van der Waals surface area contributed by atoms with Gasteiger partial charge in [-0.25, -0.2) is 17.5 Å². The molecule has 4 rings (SSSR count). The number of alkyl halides is 3. The Bertz CT molecular complexity index is 1280. The average Bonchev–Trinajstić information content (AvgIpc) is 3.62. The Morgan fingerprint density at radius 2 is 1.86 bits per heavy atom. The molecule has 2 aromatic carbocycles. The van der Waals surface area contributed by atoms with Crippen LogP contribution in [-0.4, -0.2) is 45.2 Å². The molecule has 1 saturated heterocycles. The number of piperidine rings is 1. The van der Waals surface area contributed by atoms with Gasteiger partial charge < -0.3 is 4.74 Å². The minimum Gasteiger partial charge on any atom is -0.493 e. The monoisotopic (exact) mass is 670 g/mol. The number of amides is 1. The summed E-state index contributed by atoms with van der Waals surface area (Å²) < 4.78 is 69.4. The van der Waals surface area contributed by atoms with Crippen LogP contribution < -0.4 is 9.46 Å². The minimum atomic E-state index is -3.81. The van der Waals surface area contributed by atoms with Crippen LogP contribution in [0.15, 0.2) is 30.3 Å². The fraction of sp³-hybridized carbons (Fsp3) is 0.480. The first-order chi connectivity index (χ1) is 17.3. The van der Waals surface area contributed by atoms with Crippen molar-refractivity contribution in [2.24, 2.45) is 5.92 Å². The number of hydrogen-bond acceptors (Lipinski definition) is 5. The molecular weight excluding hydrogens is 644 g/mol. The maximum atomic E-state index is 14.7. The van der Waals surface area contributed by atoms with E-state index in [0.29, 0.717) is 18.9 Å². The number of sulfonamides is 1. The summed E-state index contributed by atoms with van der Waals surface area (Å²) in [7, 11) is -3.81. The molecule has 1 amide bonds. The zero-order chi connectivity index (χ0) is 27.0. The third-order valence-corrected chi connectivity index (χ3v) is 8.02. The first kappa shape index (κ1) is 28.4. The summed E-state index contributed by atoms with van der Waals surface area (Å²) in [6, 6.07) is 7.21. The van der Waals surface area contributed by atoms with Crippen molar-refractivity contribution in [2.45, 2.75) is 42.1 Å². The van der Waals surface area contributed by atoms with Gasteiger partial charge in [0.15, 0.2) is 0 Å². The predicted molar refractivity (Wildman–Crippen MR) is 144 cm³/mol. The molecule has 6 nitrogen and oxygen atoms in total. The van der Waals surface area contributed by atoms with Crippen LogP contribution in [0.4, 0.5) is 13.2 Å². The van der Waals surface area contributed by atoms with Crippen molar-refractivity contribution >= 4 is 50.1 Å². The Hall–Kier alpha value is -1.57. The number of nitrogens with zero attached hydrogens (tertiary/aromatic N) is 1. The highest BCUT2D eigenvalue weighted by Gasteiger charge is 2.31. The van der Waals surface area contributed by atoms with E-state index in [1.807, 2.05) is 0 Å². The van der Waals surface area contributed by atoms with Crippen LogP contribution in [0.1, 0.15) is 58.6 Å². The molecule has 1 heterocycles. The van der Waals surface area contributed by atoms with Gasteiger partial charge in [0.05, 0.1) is 23.4 Å². The van der Waals surface area contributed by atoms with Crippen LogP contribution in [0.5, 0.6) is 5.75 Å². The van der Waals surface area contributed by atoms with Crippen LogP contribution in [0.2, 0.25) is 5.02 Å². The van der Waals surface area contributed by atoms with Crippen molar-refractivity contribution in [2.75, 3.05) is 26.0 Å². The minimum absolute atomic E-state index is 0.0544. The second-order valence-electron chi connectivity index (χ2n) is 9.69. The van der Waals surface area contributed by atoms with E-state index in [4.69, 9.17) is 16.3 Å². The molecule has 1 aliphatic heterocycles. The van der Waals surface area contributed by atoms with Crippen molar-refractivity contribution in [3.05, 3.63) is 63.4 Å². The highest BCUT2D eigenvalue weighted by molar-refractivity contribution is 14.1.